The van der Waals surface area contributed by atoms with Crippen LogP contribution in [-0.2, 0) is 11.3 Å². The number of nitro benzene ring substituents is 1. The third-order valence-electron chi connectivity index (χ3n) is 3.75. The zero-order chi connectivity index (χ0) is 18.2. The van der Waals surface area contributed by atoms with Crippen LogP contribution in [0.3, 0.4) is 0 Å². The molecule has 0 aliphatic carbocycles. The molecule has 0 atom stereocenters. The van der Waals surface area contributed by atoms with E-state index >= 15 is 0 Å². The molecule has 7 heteroatoms. The third-order valence-corrected chi connectivity index (χ3v) is 3.75. The molecule has 0 bridgehead atoms. The van der Waals surface area contributed by atoms with E-state index in [4.69, 9.17) is 0 Å². The molecule has 0 spiro atoms. The van der Waals surface area contributed by atoms with Crippen LogP contribution in [0, 0.1) is 15.9 Å². The van der Waals surface area contributed by atoms with Gasteiger partial charge in [-0.15, -0.1) is 0 Å². The van der Waals surface area contributed by atoms with Crippen molar-refractivity contribution >= 4 is 17.3 Å². The number of carbonyl (C=O) groups is 1. The molecule has 0 saturated carbocycles. The van der Waals surface area contributed by atoms with Gasteiger partial charge >= 0.3 is 0 Å². The maximum atomic E-state index is 13.2. The first-order valence-corrected chi connectivity index (χ1v) is 8.00. The number of nitrogens with zero attached hydrogens (tertiary/aromatic N) is 2. The van der Waals surface area contributed by atoms with Crippen molar-refractivity contribution in [2.75, 3.05) is 18.4 Å². The summed E-state index contributed by atoms with van der Waals surface area (Å²) in [6.07, 6.45) is 0.190. The van der Waals surface area contributed by atoms with Crippen LogP contribution in [0.4, 0.5) is 15.8 Å². The van der Waals surface area contributed by atoms with Gasteiger partial charge in [0, 0.05) is 32.1 Å². The van der Waals surface area contributed by atoms with Crippen LogP contribution >= 0.6 is 0 Å². The van der Waals surface area contributed by atoms with Crippen LogP contribution in [0.25, 0.3) is 0 Å². The van der Waals surface area contributed by atoms with Gasteiger partial charge in [0.2, 0.25) is 5.91 Å². The SMILES string of the molecule is CCN(Cc1cccc(F)c1)C(=O)CCNc1ccccc1[N+](=O)[O-]. The molecule has 0 aliphatic heterocycles. The van der Waals surface area contributed by atoms with E-state index < -0.39 is 4.92 Å². The molecule has 6 nitrogen and oxygen atoms in total. The van der Waals surface area contributed by atoms with Gasteiger partial charge in [-0.2, -0.15) is 0 Å². The number of halogens is 1. The fourth-order valence-corrected chi connectivity index (χ4v) is 2.48. The Morgan fingerprint density at radius 2 is 2.00 bits per heavy atom. The lowest BCUT2D eigenvalue weighted by atomic mass is 10.2. The molecule has 0 heterocycles. The van der Waals surface area contributed by atoms with E-state index in [0.717, 1.165) is 5.56 Å². The van der Waals surface area contributed by atoms with Crippen molar-refractivity contribution in [3.8, 4) is 0 Å². The van der Waals surface area contributed by atoms with Gasteiger partial charge in [-0.3, -0.25) is 14.9 Å². The summed E-state index contributed by atoms with van der Waals surface area (Å²) in [5, 5.41) is 13.9. The minimum absolute atomic E-state index is 0.0259. The Balaban J connectivity index is 1.91. The largest absolute Gasteiger partial charge is 0.379 e. The number of benzene rings is 2. The lowest BCUT2D eigenvalue weighted by Gasteiger charge is -2.21. The Kier molecular flexibility index (Phi) is 6.45. The average Bonchev–Trinajstić information content (AvgIpc) is 2.60. The maximum absolute atomic E-state index is 13.2. The molecule has 2 rings (SSSR count). The molecule has 2 aromatic carbocycles. The highest BCUT2D eigenvalue weighted by atomic mass is 19.1. The first-order valence-electron chi connectivity index (χ1n) is 8.00. The number of nitrogens with one attached hydrogen (secondary N) is 1. The smallest absolute Gasteiger partial charge is 0.292 e. The van der Waals surface area contributed by atoms with Crippen LogP contribution in [0.1, 0.15) is 18.9 Å². The number of amides is 1. The Morgan fingerprint density at radius 3 is 2.68 bits per heavy atom. The van der Waals surface area contributed by atoms with E-state index in [1.54, 1.807) is 35.2 Å². The van der Waals surface area contributed by atoms with Crippen LogP contribution in [0.5, 0.6) is 0 Å². The Labute approximate surface area is 145 Å². The van der Waals surface area contributed by atoms with E-state index in [1.807, 2.05) is 6.92 Å². The number of nitro groups is 1. The highest BCUT2D eigenvalue weighted by molar-refractivity contribution is 5.77. The van der Waals surface area contributed by atoms with Gasteiger partial charge in [0.25, 0.3) is 5.69 Å². The molecule has 0 unspecified atom stereocenters. The number of hydrogen-bond acceptors (Lipinski definition) is 4. The van der Waals surface area contributed by atoms with Crippen molar-refractivity contribution in [3.63, 3.8) is 0 Å². The number of hydrogen-bond donors (Lipinski definition) is 1. The highest BCUT2D eigenvalue weighted by Crippen LogP contribution is 2.23. The van der Waals surface area contributed by atoms with Crippen LogP contribution in [-0.4, -0.2) is 28.8 Å². The normalized spacial score (nSPS) is 10.3. The summed E-state index contributed by atoms with van der Waals surface area (Å²) in [6, 6.07) is 12.4. The second-order valence-electron chi connectivity index (χ2n) is 5.49. The van der Waals surface area contributed by atoms with Crippen molar-refractivity contribution in [1.82, 2.24) is 4.90 Å². The summed E-state index contributed by atoms with van der Waals surface area (Å²) in [4.78, 5) is 24.4. The summed E-state index contributed by atoms with van der Waals surface area (Å²) in [6.45, 7) is 2.97. The Morgan fingerprint density at radius 1 is 1.24 bits per heavy atom. The molecular formula is C18H20FN3O3. The van der Waals surface area contributed by atoms with Gasteiger partial charge in [0.1, 0.15) is 11.5 Å². The van der Waals surface area contributed by atoms with Gasteiger partial charge in [-0.1, -0.05) is 24.3 Å². The molecule has 1 amide bonds. The van der Waals surface area contributed by atoms with E-state index in [0.29, 0.717) is 18.8 Å². The molecule has 25 heavy (non-hydrogen) atoms. The molecule has 0 aliphatic rings. The topological polar surface area (TPSA) is 75.5 Å². The zero-order valence-electron chi connectivity index (χ0n) is 13.9. The summed E-state index contributed by atoms with van der Waals surface area (Å²) >= 11 is 0. The standard InChI is InChI=1S/C18H20FN3O3/c1-2-21(13-14-6-5-7-15(19)12-14)18(23)10-11-20-16-8-3-4-9-17(16)22(24)25/h3-9,12,20H,2,10-11,13H2,1H3. The maximum Gasteiger partial charge on any atom is 0.292 e. The molecule has 1 N–H and O–H groups in total. The molecule has 0 aromatic heterocycles. The number of rotatable bonds is 8. The number of carbonyl (C=O) groups excluding carboxylic acids is 1. The minimum atomic E-state index is -0.466. The summed E-state index contributed by atoms with van der Waals surface area (Å²) in [7, 11) is 0. The predicted molar refractivity (Wildman–Crippen MR) is 93.7 cm³/mol. The summed E-state index contributed by atoms with van der Waals surface area (Å²) in [5.74, 6) is -0.433. The number of para-hydroxylation sites is 2. The monoisotopic (exact) mass is 345 g/mol. The fraction of sp³-hybridized carbons (Fsp3) is 0.278. The van der Waals surface area contributed by atoms with Crippen LogP contribution in [0.2, 0.25) is 0 Å². The first-order chi connectivity index (χ1) is 12.0. The summed E-state index contributed by atoms with van der Waals surface area (Å²) < 4.78 is 13.2. The Hall–Kier alpha value is -2.96. The second-order valence-corrected chi connectivity index (χ2v) is 5.49. The lowest BCUT2D eigenvalue weighted by molar-refractivity contribution is -0.384. The van der Waals surface area contributed by atoms with E-state index in [9.17, 15) is 19.3 Å². The van der Waals surface area contributed by atoms with Crippen molar-refractivity contribution in [2.45, 2.75) is 19.9 Å². The lowest BCUT2D eigenvalue weighted by Crippen LogP contribution is -2.31. The molecule has 0 saturated heterocycles. The minimum Gasteiger partial charge on any atom is -0.379 e. The van der Waals surface area contributed by atoms with Crippen molar-refractivity contribution in [1.29, 1.82) is 0 Å². The van der Waals surface area contributed by atoms with Gasteiger partial charge in [-0.05, 0) is 30.7 Å². The fourth-order valence-electron chi connectivity index (χ4n) is 2.48. The van der Waals surface area contributed by atoms with E-state index in [-0.39, 0.29) is 30.4 Å². The van der Waals surface area contributed by atoms with Crippen molar-refractivity contribution in [3.05, 3.63) is 70.0 Å². The molecule has 2 aromatic rings. The van der Waals surface area contributed by atoms with Gasteiger partial charge in [-0.25, -0.2) is 4.39 Å². The van der Waals surface area contributed by atoms with Gasteiger partial charge < -0.3 is 10.2 Å². The molecule has 0 radical (unpaired) electrons. The average molecular weight is 345 g/mol. The van der Waals surface area contributed by atoms with Crippen LogP contribution in [0.15, 0.2) is 48.5 Å². The third kappa shape index (κ3) is 5.27. The van der Waals surface area contributed by atoms with Crippen LogP contribution < -0.4 is 5.32 Å². The predicted octanol–water partition coefficient (Wildman–Crippen LogP) is 3.58. The van der Waals surface area contributed by atoms with E-state index in [1.165, 1.54) is 18.2 Å². The van der Waals surface area contributed by atoms with Crippen molar-refractivity contribution in [2.24, 2.45) is 0 Å². The van der Waals surface area contributed by atoms with Gasteiger partial charge in [0.15, 0.2) is 0 Å². The van der Waals surface area contributed by atoms with Gasteiger partial charge in [0.05, 0.1) is 4.92 Å². The van der Waals surface area contributed by atoms with Crippen molar-refractivity contribution < 1.29 is 14.1 Å². The Bertz CT molecular complexity index is 752. The zero-order valence-corrected chi connectivity index (χ0v) is 13.9. The second kappa shape index (κ2) is 8.77. The van der Waals surface area contributed by atoms with E-state index in [2.05, 4.69) is 5.32 Å². The molecule has 0 fully saturated rings. The number of anilines is 1. The quantitative estimate of drug-likeness (QED) is 0.586. The highest BCUT2D eigenvalue weighted by Gasteiger charge is 2.15. The first kappa shape index (κ1) is 18.4. The summed E-state index contributed by atoms with van der Waals surface area (Å²) in [5.41, 5.74) is 1.08. The molecular weight excluding hydrogens is 325 g/mol. The molecule has 132 valence electrons.